The summed E-state index contributed by atoms with van der Waals surface area (Å²) in [7, 11) is 0. The van der Waals surface area contributed by atoms with E-state index >= 15 is 0 Å². The predicted molar refractivity (Wildman–Crippen MR) is 123 cm³/mol. The molecule has 6 rings (SSSR count). The smallest absolute Gasteiger partial charge is 0.254 e. The molecule has 154 valence electrons. The number of amides is 1. The van der Waals surface area contributed by atoms with Crippen molar-refractivity contribution in [2.24, 2.45) is 0 Å². The Morgan fingerprint density at radius 1 is 0.968 bits per heavy atom. The maximum atomic E-state index is 13.5. The number of hydrogen-bond donors (Lipinski definition) is 1. The van der Waals surface area contributed by atoms with Crippen LogP contribution in [0.3, 0.4) is 0 Å². The van der Waals surface area contributed by atoms with Gasteiger partial charge in [0.05, 0.1) is 17.4 Å². The highest BCUT2D eigenvalue weighted by molar-refractivity contribution is 5.97. The van der Waals surface area contributed by atoms with Crippen LogP contribution in [0.15, 0.2) is 73.1 Å². The Labute approximate surface area is 181 Å². The SMILES string of the molecule is O=C(c1ccc2nc[nH]c2c1)N1CCC[C@@H]2c3ccc(-c4ccccc4)cc3CC[C@@H]21. The van der Waals surface area contributed by atoms with Gasteiger partial charge in [-0.25, -0.2) is 4.98 Å². The van der Waals surface area contributed by atoms with Gasteiger partial charge in [0.25, 0.3) is 5.91 Å². The number of imidazole rings is 1. The molecule has 0 bridgehead atoms. The maximum Gasteiger partial charge on any atom is 0.254 e. The van der Waals surface area contributed by atoms with Gasteiger partial charge < -0.3 is 9.88 Å². The summed E-state index contributed by atoms with van der Waals surface area (Å²) in [4.78, 5) is 23.0. The number of rotatable bonds is 2. The second-order valence-electron chi connectivity index (χ2n) is 8.77. The molecule has 0 unspecified atom stereocenters. The number of likely N-dealkylation sites (tertiary alicyclic amines) is 1. The quantitative estimate of drug-likeness (QED) is 0.473. The molecule has 1 saturated heterocycles. The predicted octanol–water partition coefficient (Wildman–Crippen LogP) is 5.56. The molecule has 0 saturated carbocycles. The van der Waals surface area contributed by atoms with E-state index in [1.807, 2.05) is 18.2 Å². The van der Waals surface area contributed by atoms with Gasteiger partial charge in [-0.15, -0.1) is 0 Å². The molecule has 4 nitrogen and oxygen atoms in total. The number of fused-ring (bicyclic) bond motifs is 4. The summed E-state index contributed by atoms with van der Waals surface area (Å²) in [6, 6.07) is 23.6. The summed E-state index contributed by atoms with van der Waals surface area (Å²) in [6.07, 6.45) is 5.96. The zero-order valence-electron chi connectivity index (χ0n) is 17.4. The molecule has 2 aliphatic rings. The van der Waals surface area contributed by atoms with Crippen LogP contribution in [0.2, 0.25) is 0 Å². The number of aryl methyl sites for hydroxylation is 1. The number of H-pyrrole nitrogens is 1. The highest BCUT2D eigenvalue weighted by Gasteiger charge is 2.38. The molecule has 1 N–H and O–H groups in total. The molecule has 4 aromatic rings. The van der Waals surface area contributed by atoms with Gasteiger partial charge in [0.2, 0.25) is 0 Å². The molecule has 0 radical (unpaired) electrons. The fraction of sp³-hybridized carbons (Fsp3) is 0.259. The molecular formula is C27H25N3O. The lowest BCUT2D eigenvalue weighted by Crippen LogP contribution is -2.49. The van der Waals surface area contributed by atoms with Crippen molar-refractivity contribution in [2.45, 2.75) is 37.6 Å². The molecule has 1 aliphatic heterocycles. The largest absolute Gasteiger partial charge is 0.345 e. The van der Waals surface area contributed by atoms with Crippen LogP contribution in [0.5, 0.6) is 0 Å². The number of aromatic amines is 1. The Kier molecular flexibility index (Phi) is 4.37. The lowest BCUT2D eigenvalue weighted by molar-refractivity contribution is 0.0547. The zero-order valence-corrected chi connectivity index (χ0v) is 17.4. The molecule has 1 aromatic heterocycles. The highest BCUT2D eigenvalue weighted by atomic mass is 16.2. The standard InChI is InChI=1S/C27H25N3O/c31-27(21-9-12-24-25(16-21)29-17-28-24)30-14-4-7-23-22-11-8-19(18-5-2-1-3-6-18)15-20(22)10-13-26(23)30/h1-3,5-6,8-9,11-12,15-17,23,26H,4,7,10,13-14H2,(H,28,29)/t23-,26+/m1/s1. The Morgan fingerprint density at radius 3 is 2.77 bits per heavy atom. The molecule has 3 aromatic carbocycles. The van der Waals surface area contributed by atoms with Crippen LogP contribution in [-0.4, -0.2) is 33.4 Å². The molecule has 1 amide bonds. The first kappa shape index (κ1) is 18.4. The van der Waals surface area contributed by atoms with Crippen molar-refractivity contribution in [3.63, 3.8) is 0 Å². The van der Waals surface area contributed by atoms with E-state index in [9.17, 15) is 4.79 Å². The number of carbonyl (C=O) groups is 1. The molecule has 31 heavy (non-hydrogen) atoms. The Hall–Kier alpha value is -3.40. The fourth-order valence-electron chi connectivity index (χ4n) is 5.56. The van der Waals surface area contributed by atoms with Crippen molar-refractivity contribution >= 4 is 16.9 Å². The van der Waals surface area contributed by atoms with Crippen LogP contribution in [0.1, 0.15) is 46.7 Å². The first-order valence-electron chi connectivity index (χ1n) is 11.2. The van der Waals surface area contributed by atoms with Gasteiger partial charge in [-0.3, -0.25) is 4.79 Å². The summed E-state index contributed by atoms with van der Waals surface area (Å²) >= 11 is 0. The highest BCUT2D eigenvalue weighted by Crippen LogP contribution is 2.42. The zero-order chi connectivity index (χ0) is 20.8. The summed E-state index contributed by atoms with van der Waals surface area (Å²) in [5.74, 6) is 0.581. The van der Waals surface area contributed by atoms with Crippen LogP contribution in [0.25, 0.3) is 22.2 Å². The topological polar surface area (TPSA) is 49.0 Å². The van der Waals surface area contributed by atoms with E-state index in [0.29, 0.717) is 5.92 Å². The normalized spacial score (nSPS) is 20.3. The summed E-state index contributed by atoms with van der Waals surface area (Å²) < 4.78 is 0. The number of nitrogens with one attached hydrogen (secondary N) is 1. The van der Waals surface area contributed by atoms with Crippen LogP contribution < -0.4 is 0 Å². The van der Waals surface area contributed by atoms with E-state index in [2.05, 4.69) is 63.4 Å². The van der Waals surface area contributed by atoms with Crippen molar-refractivity contribution < 1.29 is 4.79 Å². The van der Waals surface area contributed by atoms with Gasteiger partial charge in [0, 0.05) is 24.1 Å². The fourth-order valence-corrected chi connectivity index (χ4v) is 5.56. The monoisotopic (exact) mass is 407 g/mol. The lowest BCUT2D eigenvalue weighted by Gasteiger charge is -2.45. The number of nitrogens with zero attached hydrogens (tertiary/aromatic N) is 2. The minimum Gasteiger partial charge on any atom is -0.345 e. The average Bonchev–Trinajstić information content (AvgIpc) is 3.31. The van der Waals surface area contributed by atoms with Crippen molar-refractivity contribution in [2.75, 3.05) is 6.54 Å². The first-order chi connectivity index (χ1) is 15.3. The van der Waals surface area contributed by atoms with Crippen LogP contribution >= 0.6 is 0 Å². The van der Waals surface area contributed by atoms with Gasteiger partial charge in [-0.1, -0.05) is 48.5 Å². The molecule has 2 heterocycles. The van der Waals surface area contributed by atoms with Crippen molar-refractivity contribution in [1.29, 1.82) is 0 Å². The first-order valence-corrected chi connectivity index (χ1v) is 11.2. The van der Waals surface area contributed by atoms with E-state index < -0.39 is 0 Å². The molecule has 4 heteroatoms. The Bertz CT molecular complexity index is 1260. The third-order valence-corrected chi connectivity index (χ3v) is 7.07. The summed E-state index contributed by atoms with van der Waals surface area (Å²) in [5.41, 5.74) is 8.02. The van der Waals surface area contributed by atoms with E-state index in [1.165, 1.54) is 22.3 Å². The van der Waals surface area contributed by atoms with Crippen LogP contribution in [0, 0.1) is 0 Å². The van der Waals surface area contributed by atoms with E-state index in [-0.39, 0.29) is 11.9 Å². The number of hydrogen-bond acceptors (Lipinski definition) is 2. The number of carbonyl (C=O) groups excluding carboxylic acids is 1. The second kappa shape index (κ2) is 7.38. The lowest BCUT2D eigenvalue weighted by atomic mass is 9.73. The number of piperidine rings is 1. The van der Waals surface area contributed by atoms with Gasteiger partial charge in [0.15, 0.2) is 0 Å². The van der Waals surface area contributed by atoms with Gasteiger partial charge in [-0.2, -0.15) is 0 Å². The molecular weight excluding hydrogens is 382 g/mol. The van der Waals surface area contributed by atoms with Crippen LogP contribution in [0.4, 0.5) is 0 Å². The van der Waals surface area contributed by atoms with Gasteiger partial charge in [0.1, 0.15) is 0 Å². The maximum absolute atomic E-state index is 13.5. The van der Waals surface area contributed by atoms with Crippen molar-refractivity contribution in [3.8, 4) is 11.1 Å². The van der Waals surface area contributed by atoms with E-state index in [4.69, 9.17) is 0 Å². The third kappa shape index (κ3) is 3.14. The number of aromatic nitrogens is 2. The summed E-state index contributed by atoms with van der Waals surface area (Å²) in [6.45, 7) is 0.846. The minimum atomic E-state index is 0.149. The third-order valence-electron chi connectivity index (χ3n) is 7.07. The van der Waals surface area contributed by atoms with Gasteiger partial charge >= 0.3 is 0 Å². The Balaban J connectivity index is 1.30. The van der Waals surface area contributed by atoms with Crippen LogP contribution in [-0.2, 0) is 6.42 Å². The van der Waals surface area contributed by atoms with Gasteiger partial charge in [-0.05, 0) is 66.1 Å². The van der Waals surface area contributed by atoms with Crippen molar-refractivity contribution in [3.05, 3.63) is 89.7 Å². The summed E-state index contributed by atoms with van der Waals surface area (Å²) in [5, 5.41) is 0. The molecule has 2 atom stereocenters. The number of benzene rings is 3. The molecule has 1 fully saturated rings. The average molecular weight is 408 g/mol. The molecule has 0 spiro atoms. The minimum absolute atomic E-state index is 0.149. The second-order valence-corrected chi connectivity index (χ2v) is 8.77. The van der Waals surface area contributed by atoms with E-state index in [0.717, 1.165) is 48.8 Å². The molecule has 1 aliphatic carbocycles. The van der Waals surface area contributed by atoms with E-state index in [1.54, 1.807) is 6.33 Å². The van der Waals surface area contributed by atoms with Crippen molar-refractivity contribution in [1.82, 2.24) is 14.9 Å². The Morgan fingerprint density at radius 2 is 1.87 bits per heavy atom.